The molecule has 0 aliphatic rings. The lowest BCUT2D eigenvalue weighted by Crippen LogP contribution is -2.01. The molecule has 0 spiro atoms. The number of benzene rings is 1. The van der Waals surface area contributed by atoms with Crippen molar-refractivity contribution in [2.75, 3.05) is 7.11 Å². The van der Waals surface area contributed by atoms with Gasteiger partial charge in [0, 0.05) is 0 Å². The van der Waals surface area contributed by atoms with E-state index in [1.807, 2.05) is 12.1 Å². The monoisotopic (exact) mass is 205 g/mol. The zero-order valence-corrected chi connectivity index (χ0v) is 10.2. The molecule has 0 fully saturated rings. The second kappa shape index (κ2) is 5.79. The predicted molar refractivity (Wildman–Crippen MR) is 65.1 cm³/mol. The van der Waals surface area contributed by atoms with Crippen molar-refractivity contribution in [3.63, 3.8) is 0 Å². The molecule has 0 heterocycles. The first kappa shape index (κ1) is 12.1. The third-order valence-electron chi connectivity index (χ3n) is 2.42. The van der Waals surface area contributed by atoms with Crippen molar-refractivity contribution >= 4 is 0 Å². The standard InChI is InChI=1S/C14H21O/c1-11(2)9-12(3)10-13-5-7-14(15-4)8-6-13/h5-8,11H,9-10H2,1-4H3. The lowest BCUT2D eigenvalue weighted by molar-refractivity contribution is 0.414. The predicted octanol–water partition coefficient (Wildman–Crippen LogP) is 3.88. The van der Waals surface area contributed by atoms with Gasteiger partial charge in [0.2, 0.25) is 0 Å². The third kappa shape index (κ3) is 4.37. The molecule has 1 aromatic carbocycles. The maximum Gasteiger partial charge on any atom is 0.118 e. The summed E-state index contributed by atoms with van der Waals surface area (Å²) in [5.74, 6) is 3.23. The fourth-order valence-electron chi connectivity index (χ4n) is 1.86. The van der Waals surface area contributed by atoms with Crippen LogP contribution in [0.15, 0.2) is 24.3 Å². The van der Waals surface area contributed by atoms with Gasteiger partial charge in [-0.15, -0.1) is 0 Å². The van der Waals surface area contributed by atoms with E-state index in [1.165, 1.54) is 12.0 Å². The first-order valence-corrected chi connectivity index (χ1v) is 5.56. The molecule has 0 saturated heterocycles. The smallest absolute Gasteiger partial charge is 0.118 e. The fraction of sp³-hybridized carbons (Fsp3) is 0.500. The Labute approximate surface area is 93.5 Å². The molecule has 1 rings (SSSR count). The van der Waals surface area contributed by atoms with Gasteiger partial charge in [0.05, 0.1) is 7.11 Å². The number of hydrogen-bond donors (Lipinski definition) is 0. The molecule has 1 aromatic rings. The van der Waals surface area contributed by atoms with Crippen LogP contribution in [-0.2, 0) is 6.42 Å². The van der Waals surface area contributed by atoms with Gasteiger partial charge in [0.1, 0.15) is 5.75 Å². The van der Waals surface area contributed by atoms with Crippen LogP contribution < -0.4 is 4.74 Å². The van der Waals surface area contributed by atoms with Crippen LogP contribution >= 0.6 is 0 Å². The van der Waals surface area contributed by atoms with E-state index in [1.54, 1.807) is 13.0 Å². The summed E-state index contributed by atoms with van der Waals surface area (Å²) in [6.07, 6.45) is 2.30. The SMILES string of the molecule is COc1ccc(C[C](C)CC(C)C)cc1. The summed E-state index contributed by atoms with van der Waals surface area (Å²) in [7, 11) is 1.70. The average molecular weight is 205 g/mol. The molecule has 0 aliphatic carbocycles. The molecule has 1 heteroatoms. The van der Waals surface area contributed by atoms with Gasteiger partial charge in [-0.25, -0.2) is 0 Å². The molecule has 83 valence electrons. The van der Waals surface area contributed by atoms with E-state index in [0.717, 1.165) is 18.1 Å². The summed E-state index contributed by atoms with van der Waals surface area (Å²) in [6.45, 7) is 6.76. The highest BCUT2D eigenvalue weighted by Gasteiger charge is 2.06. The van der Waals surface area contributed by atoms with E-state index in [-0.39, 0.29) is 0 Å². The van der Waals surface area contributed by atoms with Crippen LogP contribution in [0.4, 0.5) is 0 Å². The van der Waals surface area contributed by atoms with Gasteiger partial charge in [-0.1, -0.05) is 32.9 Å². The molecule has 0 atom stereocenters. The number of hydrogen-bond acceptors (Lipinski definition) is 1. The van der Waals surface area contributed by atoms with Crippen LogP contribution in [0.2, 0.25) is 0 Å². The first-order chi connectivity index (χ1) is 7.11. The van der Waals surface area contributed by atoms with E-state index in [0.29, 0.717) is 0 Å². The van der Waals surface area contributed by atoms with Gasteiger partial charge in [0.25, 0.3) is 0 Å². The van der Waals surface area contributed by atoms with E-state index in [2.05, 4.69) is 32.9 Å². The minimum Gasteiger partial charge on any atom is -0.497 e. The Hall–Kier alpha value is -0.980. The Morgan fingerprint density at radius 1 is 1.20 bits per heavy atom. The van der Waals surface area contributed by atoms with Gasteiger partial charge >= 0.3 is 0 Å². The maximum absolute atomic E-state index is 5.13. The summed E-state index contributed by atoms with van der Waals surface area (Å²) in [5.41, 5.74) is 1.37. The molecule has 0 unspecified atom stereocenters. The minimum absolute atomic E-state index is 0.753. The third-order valence-corrected chi connectivity index (χ3v) is 2.42. The second-order valence-corrected chi connectivity index (χ2v) is 4.58. The topological polar surface area (TPSA) is 9.23 Å². The Kier molecular flexibility index (Phi) is 4.67. The van der Waals surface area contributed by atoms with Gasteiger partial charge < -0.3 is 4.74 Å². The van der Waals surface area contributed by atoms with Crippen LogP contribution in [-0.4, -0.2) is 7.11 Å². The van der Waals surface area contributed by atoms with Crippen LogP contribution in [0.3, 0.4) is 0 Å². The van der Waals surface area contributed by atoms with Crippen molar-refractivity contribution in [2.45, 2.75) is 33.6 Å². The largest absolute Gasteiger partial charge is 0.497 e. The molecule has 1 radical (unpaired) electrons. The fourth-order valence-corrected chi connectivity index (χ4v) is 1.86. The highest BCUT2D eigenvalue weighted by molar-refractivity contribution is 5.28. The van der Waals surface area contributed by atoms with Crippen molar-refractivity contribution in [3.05, 3.63) is 35.7 Å². The van der Waals surface area contributed by atoms with Crippen LogP contribution in [0.25, 0.3) is 0 Å². The van der Waals surface area contributed by atoms with Crippen LogP contribution in [0.5, 0.6) is 5.75 Å². The van der Waals surface area contributed by atoms with E-state index >= 15 is 0 Å². The minimum atomic E-state index is 0.753. The zero-order valence-electron chi connectivity index (χ0n) is 10.2. The van der Waals surface area contributed by atoms with Crippen molar-refractivity contribution in [2.24, 2.45) is 5.92 Å². The molecule has 0 aliphatic heterocycles. The second-order valence-electron chi connectivity index (χ2n) is 4.58. The molecule has 15 heavy (non-hydrogen) atoms. The number of methoxy groups -OCH3 is 1. The Bertz CT molecular complexity index is 274. The molecule has 0 N–H and O–H groups in total. The van der Waals surface area contributed by atoms with Crippen LogP contribution in [0, 0.1) is 11.8 Å². The summed E-state index contributed by atoms with van der Waals surface area (Å²) in [4.78, 5) is 0. The van der Waals surface area contributed by atoms with Gasteiger partial charge in [-0.3, -0.25) is 0 Å². The molecular formula is C14H21O. The Morgan fingerprint density at radius 2 is 1.80 bits per heavy atom. The molecule has 0 amide bonds. The molecule has 0 aromatic heterocycles. The van der Waals surface area contributed by atoms with Crippen molar-refractivity contribution in [1.29, 1.82) is 0 Å². The molecular weight excluding hydrogens is 184 g/mol. The summed E-state index contributed by atoms with van der Waals surface area (Å²) in [5, 5.41) is 0. The lowest BCUT2D eigenvalue weighted by atomic mass is 9.93. The van der Waals surface area contributed by atoms with E-state index in [4.69, 9.17) is 4.74 Å². The van der Waals surface area contributed by atoms with Gasteiger partial charge in [0.15, 0.2) is 0 Å². The van der Waals surface area contributed by atoms with Crippen molar-refractivity contribution in [1.82, 2.24) is 0 Å². The molecule has 0 bridgehead atoms. The summed E-state index contributed by atoms with van der Waals surface area (Å²) < 4.78 is 5.13. The highest BCUT2D eigenvalue weighted by Crippen LogP contribution is 2.20. The maximum atomic E-state index is 5.13. The number of rotatable bonds is 5. The Balaban J connectivity index is 2.49. The summed E-state index contributed by atoms with van der Waals surface area (Å²) >= 11 is 0. The van der Waals surface area contributed by atoms with Gasteiger partial charge in [-0.05, 0) is 42.4 Å². The Morgan fingerprint density at radius 3 is 2.27 bits per heavy atom. The summed E-state index contributed by atoms with van der Waals surface area (Å²) in [6, 6.07) is 8.33. The average Bonchev–Trinajstić information content (AvgIpc) is 2.17. The normalized spacial score (nSPS) is 11.1. The lowest BCUT2D eigenvalue weighted by Gasteiger charge is -2.13. The van der Waals surface area contributed by atoms with Gasteiger partial charge in [-0.2, -0.15) is 0 Å². The van der Waals surface area contributed by atoms with E-state index < -0.39 is 0 Å². The highest BCUT2D eigenvalue weighted by atomic mass is 16.5. The quantitative estimate of drug-likeness (QED) is 0.709. The first-order valence-electron chi connectivity index (χ1n) is 5.56. The van der Waals surface area contributed by atoms with Crippen molar-refractivity contribution < 1.29 is 4.74 Å². The number of ether oxygens (including phenoxy) is 1. The van der Waals surface area contributed by atoms with Crippen LogP contribution in [0.1, 0.15) is 32.8 Å². The zero-order chi connectivity index (χ0) is 11.3. The molecule has 1 nitrogen and oxygen atoms in total. The van der Waals surface area contributed by atoms with Crippen molar-refractivity contribution in [3.8, 4) is 5.75 Å². The molecule has 0 saturated carbocycles. The van der Waals surface area contributed by atoms with E-state index in [9.17, 15) is 0 Å².